The summed E-state index contributed by atoms with van der Waals surface area (Å²) < 4.78 is 3.13. The second-order valence-electron chi connectivity index (χ2n) is 5.66. The minimum atomic E-state index is -0.462. The lowest BCUT2D eigenvalue weighted by Crippen LogP contribution is -2.31. The number of hydrogen-bond donors (Lipinski definition) is 2. The van der Waals surface area contributed by atoms with E-state index in [1.807, 2.05) is 6.92 Å². The van der Waals surface area contributed by atoms with Crippen molar-refractivity contribution in [2.24, 2.45) is 12.8 Å². The first-order valence-corrected chi connectivity index (χ1v) is 7.50. The predicted octanol–water partition coefficient (Wildman–Crippen LogP) is -0.859. The van der Waals surface area contributed by atoms with E-state index in [9.17, 15) is 14.4 Å². The van der Waals surface area contributed by atoms with Gasteiger partial charge in [-0.2, -0.15) is 0 Å². The fourth-order valence-corrected chi connectivity index (χ4v) is 2.52. The summed E-state index contributed by atoms with van der Waals surface area (Å²) in [6, 6.07) is 0. The molecule has 0 aliphatic carbocycles. The molecule has 0 saturated heterocycles. The number of hydrogen-bond acceptors (Lipinski definition) is 5. The molecule has 0 aliphatic heterocycles. The van der Waals surface area contributed by atoms with Gasteiger partial charge in [0.05, 0.1) is 13.1 Å². The smallest absolute Gasteiger partial charge is 0.330 e. The first-order chi connectivity index (χ1) is 10.8. The summed E-state index contributed by atoms with van der Waals surface area (Å²) in [4.78, 5) is 43.6. The quantitative estimate of drug-likeness (QED) is 0.687. The van der Waals surface area contributed by atoms with Crippen LogP contribution in [0.4, 0.5) is 0 Å². The molecule has 0 unspecified atom stereocenters. The lowest BCUT2D eigenvalue weighted by molar-refractivity contribution is -0.118. The number of rotatable bonds is 7. The first-order valence-electron chi connectivity index (χ1n) is 7.50. The second kappa shape index (κ2) is 6.78. The number of fused-ring (bicyclic) bond motifs is 1. The number of amides is 1. The van der Waals surface area contributed by atoms with Gasteiger partial charge in [-0.05, 0) is 13.5 Å². The molecular weight excluding hydrogens is 300 g/mol. The van der Waals surface area contributed by atoms with E-state index in [0.29, 0.717) is 30.1 Å². The van der Waals surface area contributed by atoms with Crippen molar-refractivity contribution < 1.29 is 4.79 Å². The van der Waals surface area contributed by atoms with Crippen molar-refractivity contribution in [2.75, 3.05) is 13.6 Å². The van der Waals surface area contributed by atoms with Crippen LogP contribution in [0.2, 0.25) is 0 Å². The van der Waals surface area contributed by atoms with Crippen LogP contribution in [0.25, 0.3) is 11.2 Å². The topological polar surface area (TPSA) is 119 Å². The molecule has 0 bridgehead atoms. The third-order valence-corrected chi connectivity index (χ3v) is 3.68. The normalized spacial score (nSPS) is 11.5. The van der Waals surface area contributed by atoms with E-state index in [2.05, 4.69) is 9.97 Å². The van der Waals surface area contributed by atoms with Gasteiger partial charge in [-0.25, -0.2) is 9.78 Å². The number of aryl methyl sites for hydroxylation is 2. The van der Waals surface area contributed by atoms with Gasteiger partial charge < -0.3 is 10.3 Å². The molecule has 126 valence electrons. The zero-order valence-corrected chi connectivity index (χ0v) is 13.6. The van der Waals surface area contributed by atoms with Crippen LogP contribution < -0.4 is 17.0 Å². The molecule has 3 N–H and O–H groups in total. The standard InChI is InChI=1S/C14H22N6O3/c1-4-5-6-20-12-11(13(22)17-14(20)23)19(3)10(16-12)8-18(2)7-9(15)21/h4-8H2,1-3H3,(H2,15,21)(H,17,22,23). The highest BCUT2D eigenvalue weighted by Crippen LogP contribution is 2.11. The van der Waals surface area contributed by atoms with Gasteiger partial charge in [0, 0.05) is 13.6 Å². The van der Waals surface area contributed by atoms with Crippen LogP contribution in [0, 0.1) is 0 Å². The fraction of sp³-hybridized carbons (Fsp3) is 0.571. The summed E-state index contributed by atoms with van der Waals surface area (Å²) in [5, 5.41) is 0. The molecule has 0 aliphatic rings. The van der Waals surface area contributed by atoms with Crippen molar-refractivity contribution in [1.29, 1.82) is 0 Å². The molecule has 2 rings (SSSR count). The van der Waals surface area contributed by atoms with Gasteiger partial charge in [0.2, 0.25) is 5.91 Å². The minimum absolute atomic E-state index is 0.0855. The number of aromatic nitrogens is 4. The third-order valence-electron chi connectivity index (χ3n) is 3.68. The van der Waals surface area contributed by atoms with Crippen molar-refractivity contribution in [3.8, 4) is 0 Å². The summed E-state index contributed by atoms with van der Waals surface area (Å²) in [6.07, 6.45) is 1.74. The number of primary amides is 1. The molecule has 9 heteroatoms. The van der Waals surface area contributed by atoms with Crippen molar-refractivity contribution in [1.82, 2.24) is 24.0 Å². The monoisotopic (exact) mass is 322 g/mol. The number of nitrogens with one attached hydrogen (secondary N) is 1. The van der Waals surface area contributed by atoms with Crippen LogP contribution in [0.1, 0.15) is 25.6 Å². The molecule has 0 spiro atoms. The zero-order valence-electron chi connectivity index (χ0n) is 13.6. The molecule has 23 heavy (non-hydrogen) atoms. The Labute approximate surface area is 132 Å². The van der Waals surface area contributed by atoms with Crippen LogP contribution in [0.5, 0.6) is 0 Å². The Morgan fingerprint density at radius 2 is 2.09 bits per heavy atom. The molecule has 2 aromatic rings. The Morgan fingerprint density at radius 1 is 1.39 bits per heavy atom. The number of aromatic amines is 1. The van der Waals surface area contributed by atoms with Crippen LogP contribution in [-0.2, 0) is 24.9 Å². The van der Waals surface area contributed by atoms with Crippen molar-refractivity contribution in [2.45, 2.75) is 32.9 Å². The van der Waals surface area contributed by atoms with Crippen LogP contribution in [0.3, 0.4) is 0 Å². The van der Waals surface area contributed by atoms with E-state index in [-0.39, 0.29) is 6.54 Å². The lowest BCUT2D eigenvalue weighted by Gasteiger charge is -2.13. The van der Waals surface area contributed by atoms with Crippen molar-refractivity contribution in [3.63, 3.8) is 0 Å². The number of likely N-dealkylation sites (N-methyl/N-ethyl adjacent to an activating group) is 1. The molecular formula is C14H22N6O3. The predicted molar refractivity (Wildman–Crippen MR) is 86.0 cm³/mol. The number of imidazole rings is 1. The lowest BCUT2D eigenvalue weighted by atomic mass is 10.3. The minimum Gasteiger partial charge on any atom is -0.369 e. The average Bonchev–Trinajstić information content (AvgIpc) is 2.75. The van der Waals surface area contributed by atoms with Gasteiger partial charge >= 0.3 is 5.69 Å². The summed E-state index contributed by atoms with van der Waals surface area (Å²) in [5.41, 5.74) is 4.98. The van der Waals surface area contributed by atoms with Crippen LogP contribution in [-0.4, -0.2) is 43.5 Å². The largest absolute Gasteiger partial charge is 0.369 e. The van der Waals surface area contributed by atoms with Gasteiger partial charge in [0.1, 0.15) is 5.82 Å². The Morgan fingerprint density at radius 3 is 2.70 bits per heavy atom. The van der Waals surface area contributed by atoms with E-state index < -0.39 is 17.2 Å². The van der Waals surface area contributed by atoms with E-state index in [1.54, 1.807) is 23.6 Å². The highest BCUT2D eigenvalue weighted by Gasteiger charge is 2.17. The van der Waals surface area contributed by atoms with Gasteiger partial charge in [-0.3, -0.25) is 24.0 Å². The van der Waals surface area contributed by atoms with E-state index in [4.69, 9.17) is 5.73 Å². The number of unbranched alkanes of at least 4 members (excludes halogenated alkanes) is 1. The number of carbonyl (C=O) groups excluding carboxylic acids is 1. The Kier molecular flexibility index (Phi) is 4.99. The molecule has 0 atom stereocenters. The summed E-state index contributed by atoms with van der Waals surface area (Å²) in [5.74, 6) is 0.147. The Bertz CT molecular complexity index is 831. The molecule has 0 fully saturated rings. The maximum Gasteiger partial charge on any atom is 0.330 e. The molecule has 2 aromatic heterocycles. The SMILES string of the molecule is CCCCn1c(=O)[nH]c(=O)c2c1nc(CN(C)CC(N)=O)n2C. The zero-order chi connectivity index (χ0) is 17.1. The Balaban J connectivity index is 2.51. The van der Waals surface area contributed by atoms with E-state index in [1.165, 1.54) is 4.57 Å². The second-order valence-corrected chi connectivity index (χ2v) is 5.66. The summed E-state index contributed by atoms with van der Waals surface area (Å²) >= 11 is 0. The van der Waals surface area contributed by atoms with Crippen LogP contribution >= 0.6 is 0 Å². The molecule has 0 saturated carbocycles. The maximum atomic E-state index is 12.1. The first kappa shape index (κ1) is 16.9. The highest BCUT2D eigenvalue weighted by molar-refractivity contribution is 5.76. The average molecular weight is 322 g/mol. The molecule has 1 amide bonds. The molecule has 0 aromatic carbocycles. The summed E-state index contributed by atoms with van der Waals surface area (Å²) in [7, 11) is 3.45. The third kappa shape index (κ3) is 3.50. The van der Waals surface area contributed by atoms with Crippen molar-refractivity contribution >= 4 is 17.1 Å². The van der Waals surface area contributed by atoms with Gasteiger partial charge in [-0.15, -0.1) is 0 Å². The number of carbonyl (C=O) groups is 1. The molecule has 9 nitrogen and oxygen atoms in total. The van der Waals surface area contributed by atoms with Crippen molar-refractivity contribution in [3.05, 3.63) is 26.7 Å². The summed E-state index contributed by atoms with van der Waals surface area (Å²) in [6.45, 7) is 2.95. The Hall–Kier alpha value is -2.42. The van der Waals surface area contributed by atoms with Gasteiger partial charge in [0.25, 0.3) is 5.56 Å². The van der Waals surface area contributed by atoms with Gasteiger partial charge in [-0.1, -0.05) is 13.3 Å². The van der Waals surface area contributed by atoms with E-state index >= 15 is 0 Å². The van der Waals surface area contributed by atoms with Crippen LogP contribution in [0.15, 0.2) is 9.59 Å². The number of nitrogens with zero attached hydrogens (tertiary/aromatic N) is 4. The highest BCUT2D eigenvalue weighted by atomic mass is 16.2. The maximum absolute atomic E-state index is 12.1. The number of H-pyrrole nitrogens is 1. The molecule has 0 radical (unpaired) electrons. The number of nitrogens with two attached hydrogens (primary N) is 1. The molecule has 2 heterocycles. The van der Waals surface area contributed by atoms with Gasteiger partial charge in [0.15, 0.2) is 11.2 Å². The fourth-order valence-electron chi connectivity index (χ4n) is 2.52. The van der Waals surface area contributed by atoms with E-state index in [0.717, 1.165) is 12.8 Å².